The van der Waals surface area contributed by atoms with Crippen molar-refractivity contribution in [2.45, 2.75) is 18.8 Å². The van der Waals surface area contributed by atoms with Gasteiger partial charge in [-0.05, 0) is 25.0 Å². The van der Waals surface area contributed by atoms with Gasteiger partial charge in [0.2, 0.25) is 12.2 Å². The zero-order valence-corrected chi connectivity index (χ0v) is 12.9. The molecule has 1 atom stereocenters. The Labute approximate surface area is 136 Å². The maximum atomic E-state index is 13.5. The molecule has 1 saturated carbocycles. The van der Waals surface area contributed by atoms with E-state index < -0.39 is 5.82 Å². The molecule has 3 heterocycles. The van der Waals surface area contributed by atoms with E-state index in [1.165, 1.54) is 17.0 Å². The molecule has 5 rings (SSSR count). The van der Waals surface area contributed by atoms with E-state index in [0.29, 0.717) is 28.8 Å². The van der Waals surface area contributed by atoms with Crippen LogP contribution in [0.3, 0.4) is 0 Å². The fraction of sp³-hybridized carbons (Fsp3) is 0.250. The summed E-state index contributed by atoms with van der Waals surface area (Å²) in [5.74, 6) is 1.05. The molecule has 7 nitrogen and oxygen atoms in total. The Morgan fingerprint density at radius 3 is 2.96 bits per heavy atom. The van der Waals surface area contributed by atoms with Crippen LogP contribution >= 0.6 is 0 Å². The van der Waals surface area contributed by atoms with Gasteiger partial charge in [-0.3, -0.25) is 9.69 Å². The summed E-state index contributed by atoms with van der Waals surface area (Å²) in [6.07, 6.45) is 5.85. The van der Waals surface area contributed by atoms with E-state index in [4.69, 9.17) is 0 Å². The molecule has 0 radical (unpaired) electrons. The van der Waals surface area contributed by atoms with Crippen LogP contribution in [0, 0.1) is 5.82 Å². The lowest BCUT2D eigenvalue weighted by molar-refractivity contribution is -0.685. The first kappa shape index (κ1) is 13.6. The first-order chi connectivity index (χ1) is 11.6. The summed E-state index contributed by atoms with van der Waals surface area (Å²) < 4.78 is 15.1. The molecule has 120 valence electrons. The minimum Gasteiger partial charge on any atom is -0.268 e. The summed E-state index contributed by atoms with van der Waals surface area (Å²) in [6.45, 7) is 0. The molecule has 1 aromatic heterocycles. The molecule has 2 aliphatic heterocycles. The molecular weight excluding hydrogens is 311 g/mol. The van der Waals surface area contributed by atoms with Crippen molar-refractivity contribution in [3.63, 3.8) is 0 Å². The number of rotatable bonds is 2. The van der Waals surface area contributed by atoms with Crippen LogP contribution in [0.5, 0.6) is 0 Å². The first-order valence-corrected chi connectivity index (χ1v) is 7.80. The predicted octanol–water partition coefficient (Wildman–Crippen LogP) is 0.722. The molecule has 0 bridgehead atoms. The van der Waals surface area contributed by atoms with Crippen LogP contribution in [0.4, 0.5) is 10.1 Å². The van der Waals surface area contributed by atoms with E-state index in [9.17, 15) is 9.18 Å². The highest BCUT2D eigenvalue weighted by molar-refractivity contribution is 6.01. The summed E-state index contributed by atoms with van der Waals surface area (Å²) in [5, 5.41) is 8.37. The molecule has 1 fully saturated rings. The van der Waals surface area contributed by atoms with Crippen molar-refractivity contribution in [1.82, 2.24) is 19.9 Å². The van der Waals surface area contributed by atoms with Gasteiger partial charge in [0.05, 0.1) is 11.9 Å². The molecule has 1 aromatic carbocycles. The standard InChI is InChI=1S/C16H13FN6O/c1-21-15-14(23-7-12(19-20-23)9-2-3-9)18-8-22(15)13-5-4-10(17)6-11(13)16(21)24/h4-9H,2-3H2,1H3/p+1. The molecule has 1 aliphatic carbocycles. The second-order valence-electron chi connectivity index (χ2n) is 6.26. The van der Waals surface area contributed by atoms with Gasteiger partial charge in [-0.1, -0.05) is 5.21 Å². The van der Waals surface area contributed by atoms with Gasteiger partial charge in [-0.25, -0.2) is 9.29 Å². The number of nitrogens with one attached hydrogen (secondary N) is 1. The normalized spacial score (nSPS) is 22.2. The largest absolute Gasteiger partial charge is 0.268 e. The van der Waals surface area contributed by atoms with E-state index in [0.717, 1.165) is 23.4 Å². The SMILES string of the molecule is CN1C(=O)c2cc(F)ccc2[NH+]2C=NC(n3cc(C4CC4)nn3)=C12. The quantitative estimate of drug-likeness (QED) is 0.885. The third-order valence-corrected chi connectivity index (χ3v) is 4.65. The lowest BCUT2D eigenvalue weighted by Gasteiger charge is -2.28. The van der Waals surface area contributed by atoms with Gasteiger partial charge in [0.15, 0.2) is 5.69 Å². The fourth-order valence-electron chi connectivity index (χ4n) is 3.22. The monoisotopic (exact) mass is 325 g/mol. The van der Waals surface area contributed by atoms with E-state index in [1.807, 2.05) is 6.20 Å². The zero-order chi connectivity index (χ0) is 16.4. The molecule has 1 N–H and O–H groups in total. The number of amides is 1. The first-order valence-electron chi connectivity index (χ1n) is 7.80. The van der Waals surface area contributed by atoms with Gasteiger partial charge in [-0.15, -0.1) is 5.10 Å². The number of aliphatic imine (C=N–C) groups is 1. The molecule has 0 saturated heterocycles. The maximum absolute atomic E-state index is 13.5. The number of benzene rings is 1. The summed E-state index contributed by atoms with van der Waals surface area (Å²) in [7, 11) is 1.67. The van der Waals surface area contributed by atoms with E-state index in [1.54, 1.807) is 24.1 Å². The van der Waals surface area contributed by atoms with Crippen LogP contribution in [0.2, 0.25) is 0 Å². The molecule has 2 aromatic rings. The summed E-state index contributed by atoms with van der Waals surface area (Å²) in [5.41, 5.74) is 2.00. The highest BCUT2D eigenvalue weighted by Gasteiger charge is 2.42. The third-order valence-electron chi connectivity index (χ3n) is 4.65. The average Bonchev–Trinajstić information content (AvgIpc) is 3.15. The predicted molar refractivity (Wildman–Crippen MR) is 82.8 cm³/mol. The van der Waals surface area contributed by atoms with Crippen molar-refractivity contribution in [2.24, 2.45) is 4.99 Å². The van der Waals surface area contributed by atoms with Crippen molar-refractivity contribution in [1.29, 1.82) is 0 Å². The summed E-state index contributed by atoms with van der Waals surface area (Å²) >= 11 is 0. The van der Waals surface area contributed by atoms with Crippen molar-refractivity contribution < 1.29 is 14.1 Å². The Morgan fingerprint density at radius 1 is 1.33 bits per heavy atom. The van der Waals surface area contributed by atoms with Gasteiger partial charge in [0.25, 0.3) is 11.7 Å². The van der Waals surface area contributed by atoms with Crippen LogP contribution in [-0.4, -0.2) is 39.2 Å². The molecule has 24 heavy (non-hydrogen) atoms. The number of halogens is 1. The van der Waals surface area contributed by atoms with Crippen molar-refractivity contribution in [2.75, 3.05) is 7.05 Å². The van der Waals surface area contributed by atoms with Gasteiger partial charge in [0, 0.05) is 19.0 Å². The van der Waals surface area contributed by atoms with Gasteiger partial charge < -0.3 is 0 Å². The van der Waals surface area contributed by atoms with E-state index >= 15 is 0 Å². The minimum absolute atomic E-state index is 0.256. The zero-order valence-electron chi connectivity index (χ0n) is 12.9. The molecule has 3 aliphatic rings. The number of nitrogens with zero attached hydrogens (tertiary/aromatic N) is 5. The van der Waals surface area contributed by atoms with Crippen LogP contribution in [-0.2, 0) is 0 Å². The maximum Gasteiger partial charge on any atom is 0.268 e. The lowest BCUT2D eigenvalue weighted by Crippen LogP contribution is -3.06. The number of fused-ring (bicyclic) bond motifs is 3. The van der Waals surface area contributed by atoms with Crippen LogP contribution in [0.1, 0.15) is 34.8 Å². The fourth-order valence-corrected chi connectivity index (χ4v) is 3.22. The van der Waals surface area contributed by atoms with Crippen molar-refractivity contribution >= 4 is 23.8 Å². The number of carbonyl (C=O) groups is 1. The highest BCUT2D eigenvalue weighted by atomic mass is 19.1. The Bertz CT molecular complexity index is 942. The molecular formula is C16H14FN6O+. The van der Waals surface area contributed by atoms with Crippen LogP contribution in [0.15, 0.2) is 35.2 Å². The minimum atomic E-state index is -0.427. The van der Waals surface area contributed by atoms with E-state index in [-0.39, 0.29) is 5.91 Å². The average molecular weight is 325 g/mol. The smallest absolute Gasteiger partial charge is 0.268 e. The van der Waals surface area contributed by atoms with Gasteiger partial charge >= 0.3 is 0 Å². The molecule has 0 spiro atoms. The lowest BCUT2D eigenvalue weighted by atomic mass is 10.1. The van der Waals surface area contributed by atoms with Crippen LogP contribution in [0.25, 0.3) is 5.82 Å². The third kappa shape index (κ3) is 1.80. The second-order valence-corrected chi connectivity index (χ2v) is 6.26. The summed E-state index contributed by atoms with van der Waals surface area (Å²) in [4.78, 5) is 19.4. The Hall–Kier alpha value is -2.87. The number of hydrogen-bond acceptors (Lipinski definition) is 4. The van der Waals surface area contributed by atoms with Gasteiger partial charge in [0.1, 0.15) is 11.4 Å². The molecule has 8 heteroatoms. The second kappa shape index (κ2) is 4.57. The molecule has 1 amide bonds. The number of quaternary nitrogens is 1. The topological polar surface area (TPSA) is 67.8 Å². The highest BCUT2D eigenvalue weighted by Crippen LogP contribution is 2.39. The van der Waals surface area contributed by atoms with Crippen LogP contribution < -0.4 is 4.90 Å². The number of hydrogen-bond donors (Lipinski definition) is 1. The molecule has 1 unspecified atom stereocenters. The number of carbonyl (C=O) groups excluding carboxylic acids is 1. The van der Waals surface area contributed by atoms with Crippen molar-refractivity contribution in [3.05, 3.63) is 47.3 Å². The van der Waals surface area contributed by atoms with E-state index in [2.05, 4.69) is 15.3 Å². The number of aromatic nitrogens is 3. The Morgan fingerprint density at radius 2 is 2.17 bits per heavy atom. The summed E-state index contributed by atoms with van der Waals surface area (Å²) in [6, 6.07) is 4.25. The Balaban J connectivity index is 1.65. The van der Waals surface area contributed by atoms with Crippen molar-refractivity contribution in [3.8, 4) is 0 Å². The van der Waals surface area contributed by atoms with Gasteiger partial charge in [-0.2, -0.15) is 9.67 Å². The Kier molecular flexibility index (Phi) is 2.58.